The summed E-state index contributed by atoms with van der Waals surface area (Å²) >= 11 is 5.90. The summed E-state index contributed by atoms with van der Waals surface area (Å²) in [6.07, 6.45) is 1.70. The van der Waals surface area contributed by atoms with Crippen LogP contribution in [0.25, 0.3) is 5.69 Å². The molecule has 5 rings (SSSR count). The fourth-order valence-electron chi connectivity index (χ4n) is 4.73. The maximum Gasteiger partial charge on any atom is 0.338 e. The summed E-state index contributed by atoms with van der Waals surface area (Å²) in [5, 5.41) is 10.6. The molecule has 0 fully saturated rings. The summed E-state index contributed by atoms with van der Waals surface area (Å²) < 4.78 is 21.1. The zero-order valence-electron chi connectivity index (χ0n) is 23.1. The van der Waals surface area contributed by atoms with Crippen molar-refractivity contribution >= 4 is 40.8 Å². The smallest absolute Gasteiger partial charge is 0.338 e. The number of aromatic nitrogens is 3. The van der Waals surface area contributed by atoms with Crippen LogP contribution in [0.2, 0.25) is 5.02 Å². The van der Waals surface area contributed by atoms with Gasteiger partial charge in [-0.05, 0) is 80.8 Å². The molecule has 3 N–H and O–H groups in total. The third kappa shape index (κ3) is 5.82. The predicted molar refractivity (Wildman–Crippen MR) is 155 cm³/mol. The van der Waals surface area contributed by atoms with Crippen LogP contribution in [0.15, 0.2) is 66.9 Å². The predicted octanol–water partition coefficient (Wildman–Crippen LogP) is 4.98. The summed E-state index contributed by atoms with van der Waals surface area (Å²) in [5.41, 5.74) is 8.12. The van der Waals surface area contributed by atoms with Crippen LogP contribution in [0.1, 0.15) is 58.8 Å². The fraction of sp³-hybridized carbons (Fsp3) is 0.233. The van der Waals surface area contributed by atoms with Gasteiger partial charge < -0.3 is 20.7 Å². The van der Waals surface area contributed by atoms with Crippen LogP contribution in [0.4, 0.5) is 15.8 Å². The number of carbonyl (C=O) groups is 3. The second kappa shape index (κ2) is 11.2. The van der Waals surface area contributed by atoms with Crippen molar-refractivity contribution in [3.8, 4) is 5.69 Å². The Labute approximate surface area is 246 Å². The van der Waals surface area contributed by atoms with Gasteiger partial charge in [-0.3, -0.25) is 9.59 Å². The average Bonchev–Trinajstić information content (AvgIpc) is 3.43. The van der Waals surface area contributed by atoms with Gasteiger partial charge in [-0.15, -0.1) is 5.10 Å². The first-order valence-electron chi connectivity index (χ1n) is 13.1. The molecule has 0 spiro atoms. The summed E-state index contributed by atoms with van der Waals surface area (Å²) in [7, 11) is 0. The van der Waals surface area contributed by atoms with E-state index in [0.29, 0.717) is 28.9 Å². The lowest BCUT2D eigenvalue weighted by atomic mass is 9.90. The molecule has 0 radical (unpaired) electrons. The van der Waals surface area contributed by atoms with E-state index in [2.05, 4.69) is 15.6 Å². The number of nitrogens with one attached hydrogen (secondary N) is 1. The van der Waals surface area contributed by atoms with E-state index in [9.17, 15) is 18.8 Å². The maximum absolute atomic E-state index is 14.6. The molecular formula is C30H28ClFN6O4. The van der Waals surface area contributed by atoms with Gasteiger partial charge in [-0.2, -0.15) is 0 Å². The number of carbonyl (C=O) groups excluding carboxylic acids is 3. The molecule has 3 aromatic carbocycles. The van der Waals surface area contributed by atoms with Crippen molar-refractivity contribution in [2.24, 2.45) is 0 Å². The minimum Gasteiger partial charge on any atom is -0.456 e. The molecule has 1 aromatic heterocycles. The van der Waals surface area contributed by atoms with Gasteiger partial charge in [-0.1, -0.05) is 35.0 Å². The van der Waals surface area contributed by atoms with E-state index in [1.807, 2.05) is 0 Å². The lowest BCUT2D eigenvalue weighted by Gasteiger charge is -2.36. The number of hydrogen-bond acceptors (Lipinski definition) is 7. The van der Waals surface area contributed by atoms with Crippen LogP contribution < -0.4 is 11.1 Å². The molecule has 1 aliphatic heterocycles. The molecule has 1 unspecified atom stereocenters. The van der Waals surface area contributed by atoms with Crippen molar-refractivity contribution < 1.29 is 23.5 Å². The van der Waals surface area contributed by atoms with Gasteiger partial charge in [-0.25, -0.2) is 13.9 Å². The molecule has 1 atom stereocenters. The molecule has 2 amide bonds. The average molecular weight is 591 g/mol. The molecule has 216 valence electrons. The normalized spacial score (nSPS) is 14.7. The molecule has 4 aromatic rings. The summed E-state index contributed by atoms with van der Waals surface area (Å²) in [6.45, 7) is 5.50. The van der Waals surface area contributed by atoms with Crippen molar-refractivity contribution in [2.75, 3.05) is 17.6 Å². The molecule has 0 aliphatic carbocycles. The molecule has 1 aliphatic rings. The number of hydrogen-bond donors (Lipinski definition) is 2. The zero-order chi connectivity index (χ0) is 30.2. The van der Waals surface area contributed by atoms with E-state index in [-0.39, 0.29) is 22.9 Å². The first kappa shape index (κ1) is 28.7. The number of amides is 2. The summed E-state index contributed by atoms with van der Waals surface area (Å²) in [6, 6.07) is 14.8. The van der Waals surface area contributed by atoms with Gasteiger partial charge in [0.05, 0.1) is 16.8 Å². The third-order valence-corrected chi connectivity index (χ3v) is 6.94. The van der Waals surface area contributed by atoms with Crippen LogP contribution in [-0.2, 0) is 16.0 Å². The van der Waals surface area contributed by atoms with Gasteiger partial charge >= 0.3 is 5.97 Å². The van der Waals surface area contributed by atoms with Gasteiger partial charge in [0.2, 0.25) is 0 Å². The van der Waals surface area contributed by atoms with E-state index in [4.69, 9.17) is 22.1 Å². The third-order valence-electron chi connectivity index (χ3n) is 6.64. The number of nitrogen functional groups attached to an aromatic ring is 1. The van der Waals surface area contributed by atoms with Crippen LogP contribution in [-0.4, -0.2) is 49.8 Å². The molecule has 0 saturated heterocycles. The number of rotatable bonds is 5. The molecule has 2 heterocycles. The molecule has 0 bridgehead atoms. The van der Waals surface area contributed by atoms with E-state index < -0.39 is 35.2 Å². The monoisotopic (exact) mass is 590 g/mol. The van der Waals surface area contributed by atoms with Gasteiger partial charge in [0, 0.05) is 17.9 Å². The first-order valence-corrected chi connectivity index (χ1v) is 13.5. The van der Waals surface area contributed by atoms with Gasteiger partial charge in [0.1, 0.15) is 17.3 Å². The van der Waals surface area contributed by atoms with Crippen molar-refractivity contribution in [3.63, 3.8) is 0 Å². The Morgan fingerprint density at radius 2 is 1.79 bits per heavy atom. The van der Waals surface area contributed by atoms with Crippen molar-refractivity contribution in [1.82, 2.24) is 19.9 Å². The highest BCUT2D eigenvalue weighted by molar-refractivity contribution is 6.30. The largest absolute Gasteiger partial charge is 0.456 e. The molecule has 0 saturated carbocycles. The highest BCUT2D eigenvalue weighted by atomic mass is 35.5. The Bertz CT molecular complexity index is 1680. The van der Waals surface area contributed by atoms with Crippen molar-refractivity contribution in [2.45, 2.75) is 38.8 Å². The van der Waals surface area contributed by atoms with Gasteiger partial charge in [0.25, 0.3) is 11.8 Å². The van der Waals surface area contributed by atoms with Crippen molar-refractivity contribution in [3.05, 3.63) is 100 Å². The van der Waals surface area contributed by atoms with Crippen LogP contribution in [0, 0.1) is 5.82 Å². The highest BCUT2D eigenvalue weighted by Gasteiger charge is 2.38. The van der Waals surface area contributed by atoms with Gasteiger partial charge in [0.15, 0.2) is 11.5 Å². The van der Waals surface area contributed by atoms with Crippen molar-refractivity contribution in [1.29, 1.82) is 0 Å². The van der Waals surface area contributed by atoms with E-state index in [0.717, 1.165) is 10.2 Å². The Balaban J connectivity index is 1.42. The number of anilines is 2. The Morgan fingerprint density at radius 3 is 2.50 bits per heavy atom. The van der Waals surface area contributed by atoms with Crippen LogP contribution in [0.5, 0.6) is 0 Å². The standard InChI is InChI=1S/C30H28ClFN6O4/c1-30(2,3)42-29(41)17-10-12-18(13-11-17)34-27(39)26-20-6-4-8-22(33)19(20)14-15-37(26)28(40)23-16-38(36-35-23)24-9-5-7-21(31)25(24)32/h4-13,16,26H,14-15,33H2,1-3H3,(H,34,39). The number of ether oxygens (including phenoxy) is 1. The van der Waals surface area contributed by atoms with Crippen LogP contribution >= 0.6 is 11.6 Å². The number of benzene rings is 3. The summed E-state index contributed by atoms with van der Waals surface area (Å²) in [5.74, 6) is -2.26. The minimum atomic E-state index is -1.05. The maximum atomic E-state index is 14.6. The number of esters is 1. The first-order chi connectivity index (χ1) is 19.9. The molecular weight excluding hydrogens is 563 g/mol. The zero-order valence-corrected chi connectivity index (χ0v) is 23.9. The fourth-order valence-corrected chi connectivity index (χ4v) is 4.90. The lowest BCUT2D eigenvalue weighted by molar-refractivity contribution is -0.121. The van der Waals surface area contributed by atoms with E-state index in [1.54, 1.807) is 69.3 Å². The van der Waals surface area contributed by atoms with E-state index in [1.165, 1.54) is 23.2 Å². The Hall–Kier alpha value is -4.77. The highest BCUT2D eigenvalue weighted by Crippen LogP contribution is 2.35. The molecule has 42 heavy (non-hydrogen) atoms. The summed E-state index contributed by atoms with van der Waals surface area (Å²) in [4.78, 5) is 41.2. The quantitative estimate of drug-likeness (QED) is 0.247. The number of fused-ring (bicyclic) bond motifs is 1. The van der Waals surface area contributed by atoms with Crippen LogP contribution in [0.3, 0.4) is 0 Å². The topological polar surface area (TPSA) is 132 Å². The second-order valence-electron chi connectivity index (χ2n) is 10.8. The minimum absolute atomic E-state index is 0.0231. The Kier molecular flexibility index (Phi) is 7.70. The second-order valence-corrected chi connectivity index (χ2v) is 11.2. The number of nitrogens with zero attached hydrogens (tertiary/aromatic N) is 4. The molecule has 12 heteroatoms. The SMILES string of the molecule is CC(C)(C)OC(=O)c1ccc(NC(=O)C2c3cccc(N)c3CCN2C(=O)c2cn(-c3cccc(Cl)c3F)nn2)cc1. The number of halogens is 2. The Morgan fingerprint density at radius 1 is 1.07 bits per heavy atom. The van der Waals surface area contributed by atoms with E-state index >= 15 is 0 Å². The molecule has 10 nitrogen and oxygen atoms in total. The number of nitrogens with two attached hydrogens (primary N) is 1. The lowest BCUT2D eigenvalue weighted by Crippen LogP contribution is -2.45.